The van der Waals surface area contributed by atoms with E-state index in [1.807, 2.05) is 0 Å². The lowest BCUT2D eigenvalue weighted by atomic mass is 10.0. The molecule has 0 radical (unpaired) electrons. The van der Waals surface area contributed by atoms with Gasteiger partial charge in [0.2, 0.25) is 0 Å². The minimum absolute atomic E-state index is 1.00. The number of aromatic nitrogens is 4. The Morgan fingerprint density at radius 3 is 1.54 bits per heavy atom. The van der Waals surface area contributed by atoms with Crippen LogP contribution in [0.4, 0.5) is 0 Å². The van der Waals surface area contributed by atoms with Crippen LogP contribution in [0, 0.1) is 0 Å². The molecular weight excluding hydrogens is 384 g/mol. The molecule has 0 N–H and O–H groups in total. The Kier molecular flexibility index (Phi) is 6.07. The number of fused-ring (bicyclic) bond motifs is 1. The van der Waals surface area contributed by atoms with Gasteiger partial charge >= 0.3 is 0 Å². The van der Waals surface area contributed by atoms with E-state index in [1.165, 1.54) is 36.5 Å². The van der Waals surface area contributed by atoms with Crippen LogP contribution in [-0.4, -0.2) is 20.4 Å². The fraction of sp³-hybridized carbons (Fsp3) is 0.364. The quantitative estimate of drug-likeness (QED) is 0.331. The summed E-state index contributed by atoms with van der Waals surface area (Å²) in [7, 11) is 0. The van der Waals surface area contributed by atoms with Crippen LogP contribution in [0.2, 0.25) is 0 Å². The topological polar surface area (TPSA) is 51.6 Å². The van der Waals surface area contributed by atoms with Gasteiger partial charge in [-0.1, -0.05) is 73.6 Å². The first-order valence-electron chi connectivity index (χ1n) is 9.96. The molecule has 0 spiro atoms. The predicted molar refractivity (Wildman–Crippen MR) is 119 cm³/mol. The molecule has 28 heavy (non-hydrogen) atoms. The largest absolute Gasteiger partial charge is 0.147 e. The molecule has 0 aliphatic heterocycles. The lowest BCUT2D eigenvalue weighted by Crippen LogP contribution is -1.82. The number of hydrogen-bond acceptors (Lipinski definition) is 6. The summed E-state index contributed by atoms with van der Waals surface area (Å²) in [6, 6.07) is 13.0. The Morgan fingerprint density at radius 2 is 1.11 bits per heavy atom. The van der Waals surface area contributed by atoms with Gasteiger partial charge in [-0.3, -0.25) is 0 Å². The number of unbranched alkanes of at least 4 members (excludes halogenated alkanes) is 2. The van der Waals surface area contributed by atoms with Gasteiger partial charge in [-0.05, 0) is 35.7 Å². The third-order valence-corrected chi connectivity index (χ3v) is 6.82. The van der Waals surface area contributed by atoms with Crippen LogP contribution >= 0.6 is 22.7 Å². The monoisotopic (exact) mass is 408 g/mol. The van der Waals surface area contributed by atoms with Crippen molar-refractivity contribution in [2.45, 2.75) is 52.4 Å². The summed E-state index contributed by atoms with van der Waals surface area (Å²) in [5.74, 6) is 0. The van der Waals surface area contributed by atoms with Crippen LogP contribution in [0.25, 0.3) is 31.9 Å². The maximum absolute atomic E-state index is 4.39. The predicted octanol–water partition coefficient (Wildman–Crippen LogP) is 6.56. The van der Waals surface area contributed by atoms with Gasteiger partial charge in [0.15, 0.2) is 0 Å². The van der Waals surface area contributed by atoms with Crippen molar-refractivity contribution in [2.75, 3.05) is 0 Å². The maximum Gasteiger partial charge on any atom is 0.147 e. The maximum atomic E-state index is 4.39. The van der Waals surface area contributed by atoms with Gasteiger partial charge in [0.1, 0.15) is 20.0 Å². The summed E-state index contributed by atoms with van der Waals surface area (Å²) in [6.45, 7) is 4.40. The highest BCUT2D eigenvalue weighted by atomic mass is 32.1. The molecule has 0 fully saturated rings. The number of aryl methyl sites for hydroxylation is 2. The van der Waals surface area contributed by atoms with Crippen LogP contribution < -0.4 is 0 Å². The summed E-state index contributed by atoms with van der Waals surface area (Å²) in [5.41, 5.74) is 2.27. The van der Waals surface area contributed by atoms with Gasteiger partial charge in [-0.2, -0.15) is 0 Å². The molecule has 0 bridgehead atoms. The number of nitrogens with zero attached hydrogens (tertiary/aromatic N) is 4. The Morgan fingerprint density at radius 1 is 0.643 bits per heavy atom. The van der Waals surface area contributed by atoms with Gasteiger partial charge in [0.25, 0.3) is 0 Å². The van der Waals surface area contributed by atoms with E-state index in [1.54, 1.807) is 22.7 Å². The lowest BCUT2D eigenvalue weighted by Gasteiger charge is -2.03. The summed E-state index contributed by atoms with van der Waals surface area (Å²) >= 11 is 3.41. The summed E-state index contributed by atoms with van der Waals surface area (Å²) in [5, 5.41) is 24.1. The first kappa shape index (κ1) is 19.2. The molecule has 4 nitrogen and oxygen atoms in total. The standard InChI is InChI=1S/C22H24N4S2/c1-3-5-7-19-23-25-21(27-19)17-11-9-16-14-18(12-10-15(16)13-17)22-26-24-20(28-22)8-6-4-2/h9-14H,3-8H2,1-2H3. The van der Waals surface area contributed by atoms with Crippen LogP contribution in [0.1, 0.15) is 49.5 Å². The summed E-state index contributed by atoms with van der Waals surface area (Å²) < 4.78 is 0. The minimum Gasteiger partial charge on any atom is -0.143 e. The lowest BCUT2D eigenvalue weighted by molar-refractivity contribution is 0.780. The fourth-order valence-corrected chi connectivity index (χ4v) is 4.87. The SMILES string of the molecule is CCCCc1nnc(-c2ccc3cc(-c4nnc(CCCC)s4)ccc3c2)s1. The van der Waals surface area contributed by atoms with E-state index in [9.17, 15) is 0 Å². The van der Waals surface area contributed by atoms with Crippen LogP contribution in [0.5, 0.6) is 0 Å². The van der Waals surface area contributed by atoms with E-state index in [-0.39, 0.29) is 0 Å². The first-order valence-corrected chi connectivity index (χ1v) is 11.6. The smallest absolute Gasteiger partial charge is 0.143 e. The van der Waals surface area contributed by atoms with Crippen LogP contribution in [-0.2, 0) is 12.8 Å². The second-order valence-corrected chi connectivity index (χ2v) is 9.11. The Bertz CT molecular complexity index is 982. The number of hydrogen-bond donors (Lipinski definition) is 0. The van der Waals surface area contributed by atoms with Crippen molar-refractivity contribution >= 4 is 33.4 Å². The fourth-order valence-electron chi connectivity index (χ4n) is 3.11. The van der Waals surface area contributed by atoms with Crippen LogP contribution in [0.3, 0.4) is 0 Å². The Hall–Kier alpha value is -2.18. The zero-order chi connectivity index (χ0) is 19.3. The molecule has 144 valence electrons. The molecular formula is C22H24N4S2. The molecule has 0 saturated carbocycles. The molecule has 0 saturated heterocycles. The Labute approximate surface area is 173 Å². The third kappa shape index (κ3) is 4.28. The van der Waals surface area contributed by atoms with E-state index in [4.69, 9.17) is 0 Å². The van der Waals surface area contributed by atoms with Crippen molar-refractivity contribution in [3.05, 3.63) is 46.4 Å². The van der Waals surface area contributed by atoms with Gasteiger partial charge in [0.05, 0.1) is 0 Å². The second-order valence-electron chi connectivity index (χ2n) is 6.99. The van der Waals surface area contributed by atoms with Crippen molar-refractivity contribution in [2.24, 2.45) is 0 Å². The highest BCUT2D eigenvalue weighted by Crippen LogP contribution is 2.31. The average Bonchev–Trinajstić information content (AvgIpc) is 3.39. The van der Waals surface area contributed by atoms with E-state index >= 15 is 0 Å². The zero-order valence-electron chi connectivity index (χ0n) is 16.3. The van der Waals surface area contributed by atoms with Gasteiger partial charge < -0.3 is 0 Å². The number of rotatable bonds is 8. The summed E-state index contributed by atoms with van der Waals surface area (Å²) in [6.07, 6.45) is 6.74. The summed E-state index contributed by atoms with van der Waals surface area (Å²) in [4.78, 5) is 0. The zero-order valence-corrected chi connectivity index (χ0v) is 17.9. The molecule has 0 aliphatic carbocycles. The van der Waals surface area contributed by atoms with E-state index in [2.05, 4.69) is 70.6 Å². The highest BCUT2D eigenvalue weighted by molar-refractivity contribution is 7.15. The van der Waals surface area contributed by atoms with Crippen molar-refractivity contribution in [1.29, 1.82) is 0 Å². The normalized spacial score (nSPS) is 11.4. The molecule has 2 aromatic heterocycles. The van der Waals surface area contributed by atoms with Crippen LogP contribution in [0.15, 0.2) is 36.4 Å². The van der Waals surface area contributed by atoms with E-state index in [0.29, 0.717) is 0 Å². The molecule has 6 heteroatoms. The van der Waals surface area contributed by atoms with Crippen molar-refractivity contribution in [3.8, 4) is 21.1 Å². The highest BCUT2D eigenvalue weighted by Gasteiger charge is 2.10. The first-order chi connectivity index (χ1) is 13.8. The van der Waals surface area contributed by atoms with Crippen molar-refractivity contribution in [3.63, 3.8) is 0 Å². The molecule has 4 aromatic rings. The molecule has 4 rings (SSSR count). The molecule has 0 aliphatic rings. The van der Waals surface area contributed by atoms with Crippen molar-refractivity contribution < 1.29 is 0 Å². The van der Waals surface area contributed by atoms with Gasteiger partial charge in [0, 0.05) is 24.0 Å². The van der Waals surface area contributed by atoms with E-state index < -0.39 is 0 Å². The van der Waals surface area contributed by atoms with E-state index in [0.717, 1.165) is 44.0 Å². The number of benzene rings is 2. The van der Waals surface area contributed by atoms with Gasteiger partial charge in [-0.25, -0.2) is 0 Å². The molecule has 2 heterocycles. The molecule has 0 amide bonds. The second kappa shape index (κ2) is 8.88. The molecule has 0 atom stereocenters. The Balaban J connectivity index is 1.57. The molecule has 0 unspecified atom stereocenters. The molecule has 2 aromatic carbocycles. The van der Waals surface area contributed by atoms with Gasteiger partial charge in [-0.15, -0.1) is 20.4 Å². The average molecular weight is 409 g/mol. The third-order valence-electron chi connectivity index (χ3n) is 4.76. The van der Waals surface area contributed by atoms with Crippen molar-refractivity contribution in [1.82, 2.24) is 20.4 Å². The minimum atomic E-state index is 1.00.